The maximum atomic E-state index is 11.3. The van der Waals surface area contributed by atoms with Gasteiger partial charge in [0.1, 0.15) is 14.4 Å². The number of carbonyl (C=O) groups excluding carboxylic acids is 1. The quantitative estimate of drug-likeness (QED) is 0.471. The van der Waals surface area contributed by atoms with Crippen molar-refractivity contribution in [2.24, 2.45) is 0 Å². The van der Waals surface area contributed by atoms with Crippen molar-refractivity contribution in [3.63, 3.8) is 0 Å². The van der Waals surface area contributed by atoms with Crippen LogP contribution in [-0.2, 0) is 10.2 Å². The SMILES string of the molecule is C=CC[Si]1(c2ccccc2)C[C@@](C)(CC=O)c2ccccc21. The molecule has 2 heteroatoms. The number of aldehydes is 1. The van der Waals surface area contributed by atoms with Crippen LogP contribution in [0.5, 0.6) is 0 Å². The average molecular weight is 306 g/mol. The molecule has 3 rings (SSSR count). The summed E-state index contributed by atoms with van der Waals surface area (Å²) in [6, 6.07) is 21.7. The minimum absolute atomic E-state index is 0.0383. The van der Waals surface area contributed by atoms with Crippen LogP contribution in [0.25, 0.3) is 0 Å². The Morgan fingerprint density at radius 3 is 2.50 bits per heavy atom. The number of hydrogen-bond acceptors (Lipinski definition) is 1. The Morgan fingerprint density at radius 1 is 1.14 bits per heavy atom. The summed E-state index contributed by atoms with van der Waals surface area (Å²) < 4.78 is 0. The summed E-state index contributed by atoms with van der Waals surface area (Å²) in [4.78, 5) is 11.3. The second kappa shape index (κ2) is 5.69. The topological polar surface area (TPSA) is 17.1 Å². The number of fused-ring (bicyclic) bond motifs is 1. The van der Waals surface area contributed by atoms with E-state index in [2.05, 4.69) is 74.2 Å². The molecule has 2 atom stereocenters. The fourth-order valence-corrected chi connectivity index (χ4v) is 9.82. The third-order valence-corrected chi connectivity index (χ3v) is 10.4. The molecular weight excluding hydrogens is 284 g/mol. The minimum Gasteiger partial charge on any atom is -0.303 e. The van der Waals surface area contributed by atoms with Crippen molar-refractivity contribution in [2.75, 3.05) is 0 Å². The second-order valence-electron chi connectivity index (χ2n) is 6.59. The molecule has 2 aromatic carbocycles. The fourth-order valence-electron chi connectivity index (χ4n) is 4.21. The number of carbonyl (C=O) groups is 1. The Bertz CT molecular complexity index is 694. The maximum absolute atomic E-state index is 11.3. The number of allylic oxidation sites excluding steroid dienone is 1. The molecule has 0 N–H and O–H groups in total. The van der Waals surface area contributed by atoms with Crippen molar-refractivity contribution in [2.45, 2.75) is 30.8 Å². The molecule has 0 radical (unpaired) electrons. The molecule has 0 saturated carbocycles. The maximum Gasteiger partial charge on any atom is 0.123 e. The van der Waals surface area contributed by atoms with Crippen molar-refractivity contribution in [3.8, 4) is 0 Å². The zero-order chi connectivity index (χ0) is 15.6. The van der Waals surface area contributed by atoms with Gasteiger partial charge in [-0.2, -0.15) is 0 Å². The van der Waals surface area contributed by atoms with E-state index in [4.69, 9.17) is 0 Å². The fraction of sp³-hybridized carbons (Fsp3) is 0.250. The molecule has 0 spiro atoms. The normalized spacial score (nSPS) is 26.4. The van der Waals surface area contributed by atoms with Crippen LogP contribution in [0.1, 0.15) is 18.9 Å². The number of hydrogen-bond donors (Lipinski definition) is 0. The Hall–Kier alpha value is -1.93. The van der Waals surface area contributed by atoms with E-state index in [9.17, 15) is 4.79 Å². The predicted octanol–water partition coefficient (Wildman–Crippen LogP) is 3.30. The van der Waals surface area contributed by atoms with Gasteiger partial charge >= 0.3 is 0 Å². The minimum atomic E-state index is -1.88. The third kappa shape index (κ3) is 2.19. The van der Waals surface area contributed by atoms with Gasteiger partial charge in [0, 0.05) is 6.42 Å². The monoisotopic (exact) mass is 306 g/mol. The van der Waals surface area contributed by atoms with Gasteiger partial charge in [-0.3, -0.25) is 0 Å². The zero-order valence-corrected chi connectivity index (χ0v) is 14.1. The Balaban J connectivity index is 2.24. The first-order chi connectivity index (χ1) is 10.7. The summed E-state index contributed by atoms with van der Waals surface area (Å²) in [5.74, 6) is 0. The van der Waals surface area contributed by atoms with Gasteiger partial charge in [0.05, 0.1) is 0 Å². The van der Waals surface area contributed by atoms with Crippen LogP contribution in [0.4, 0.5) is 0 Å². The lowest BCUT2D eigenvalue weighted by Gasteiger charge is -2.30. The zero-order valence-electron chi connectivity index (χ0n) is 13.1. The van der Waals surface area contributed by atoms with Crippen LogP contribution in [-0.4, -0.2) is 14.4 Å². The lowest BCUT2D eigenvalue weighted by molar-refractivity contribution is -0.108. The molecule has 0 bridgehead atoms. The van der Waals surface area contributed by atoms with Crippen molar-refractivity contribution < 1.29 is 4.79 Å². The summed E-state index contributed by atoms with van der Waals surface area (Å²) in [7, 11) is -1.88. The first-order valence-corrected chi connectivity index (χ1v) is 10.3. The van der Waals surface area contributed by atoms with E-state index in [1.54, 1.807) is 0 Å². The van der Waals surface area contributed by atoms with E-state index >= 15 is 0 Å². The third-order valence-electron chi connectivity index (χ3n) is 5.14. The van der Waals surface area contributed by atoms with Crippen molar-refractivity contribution in [3.05, 3.63) is 72.8 Å². The van der Waals surface area contributed by atoms with E-state index in [0.29, 0.717) is 6.42 Å². The van der Waals surface area contributed by atoms with Crippen LogP contribution < -0.4 is 10.4 Å². The second-order valence-corrected chi connectivity index (χ2v) is 10.6. The standard InChI is InChI=1S/C20H22OSi/c1-3-15-22(17-9-5-4-6-10-17)16-20(2,13-14-21)18-11-7-8-12-19(18)22/h3-12,14H,1,13,15-16H2,2H3/t20-,22?/m1/s1. The average Bonchev–Trinajstić information content (AvgIpc) is 2.80. The highest BCUT2D eigenvalue weighted by molar-refractivity contribution is 7.03. The van der Waals surface area contributed by atoms with Crippen molar-refractivity contribution >= 4 is 24.7 Å². The summed E-state index contributed by atoms with van der Waals surface area (Å²) in [5.41, 5.74) is 1.34. The smallest absolute Gasteiger partial charge is 0.123 e. The highest BCUT2D eigenvalue weighted by atomic mass is 28.3. The first kappa shape index (κ1) is 15.0. The molecule has 0 saturated heterocycles. The van der Waals surface area contributed by atoms with E-state index < -0.39 is 8.07 Å². The van der Waals surface area contributed by atoms with E-state index in [1.165, 1.54) is 15.9 Å². The van der Waals surface area contributed by atoms with E-state index in [-0.39, 0.29) is 5.41 Å². The van der Waals surface area contributed by atoms with Gasteiger partial charge in [0.25, 0.3) is 0 Å². The summed E-state index contributed by atoms with van der Waals surface area (Å²) >= 11 is 0. The van der Waals surface area contributed by atoms with Crippen LogP contribution in [0.15, 0.2) is 67.3 Å². The van der Waals surface area contributed by atoms with Crippen LogP contribution in [0, 0.1) is 0 Å². The van der Waals surface area contributed by atoms with Gasteiger partial charge < -0.3 is 4.79 Å². The summed E-state index contributed by atoms with van der Waals surface area (Å²) in [6.45, 7) is 6.28. The summed E-state index contributed by atoms with van der Waals surface area (Å²) in [5, 5.41) is 2.95. The molecule has 1 unspecified atom stereocenters. The van der Waals surface area contributed by atoms with Gasteiger partial charge in [0.2, 0.25) is 0 Å². The van der Waals surface area contributed by atoms with Gasteiger partial charge in [-0.15, -0.1) is 6.58 Å². The highest BCUT2D eigenvalue weighted by Crippen LogP contribution is 2.43. The van der Waals surface area contributed by atoms with Crippen LogP contribution in [0.3, 0.4) is 0 Å². The van der Waals surface area contributed by atoms with Gasteiger partial charge in [-0.25, -0.2) is 0 Å². The molecule has 0 fully saturated rings. The molecule has 1 heterocycles. The molecule has 1 aliphatic heterocycles. The molecule has 0 aliphatic carbocycles. The van der Waals surface area contributed by atoms with Gasteiger partial charge in [-0.05, 0) is 23.1 Å². The van der Waals surface area contributed by atoms with Crippen molar-refractivity contribution in [1.29, 1.82) is 0 Å². The first-order valence-electron chi connectivity index (χ1n) is 7.86. The Kier molecular flexibility index (Phi) is 3.88. The van der Waals surface area contributed by atoms with Gasteiger partial charge in [0.15, 0.2) is 0 Å². The lowest BCUT2D eigenvalue weighted by Crippen LogP contribution is -2.55. The molecule has 1 nitrogen and oxygen atoms in total. The summed E-state index contributed by atoms with van der Waals surface area (Å²) in [6.07, 6.45) is 3.76. The Morgan fingerprint density at radius 2 is 1.82 bits per heavy atom. The van der Waals surface area contributed by atoms with E-state index in [0.717, 1.165) is 18.4 Å². The molecule has 22 heavy (non-hydrogen) atoms. The number of benzene rings is 2. The number of rotatable bonds is 5. The molecule has 0 aromatic heterocycles. The van der Waals surface area contributed by atoms with Crippen molar-refractivity contribution in [1.82, 2.24) is 0 Å². The highest BCUT2D eigenvalue weighted by Gasteiger charge is 2.51. The van der Waals surface area contributed by atoms with Gasteiger partial charge in [-0.1, -0.05) is 78.0 Å². The molecule has 1 aliphatic rings. The molecule has 0 amide bonds. The molecular formula is C20H22OSi. The van der Waals surface area contributed by atoms with Crippen LogP contribution >= 0.6 is 0 Å². The van der Waals surface area contributed by atoms with Crippen LogP contribution in [0.2, 0.25) is 12.1 Å². The largest absolute Gasteiger partial charge is 0.303 e. The molecule has 2 aromatic rings. The Labute approximate surface area is 133 Å². The predicted molar refractivity (Wildman–Crippen MR) is 95.8 cm³/mol. The van der Waals surface area contributed by atoms with E-state index in [1.807, 2.05) is 0 Å². The molecule has 112 valence electrons. The lowest BCUT2D eigenvalue weighted by atomic mass is 9.82.